The molecule has 0 aliphatic carbocycles. The molecule has 4 aromatic carbocycles. The first-order valence-electron chi connectivity index (χ1n) is 13.7. The third-order valence-electron chi connectivity index (χ3n) is 6.05. The molecule has 0 bridgehead atoms. The van der Waals surface area contributed by atoms with Crippen LogP contribution in [0.25, 0.3) is 22.7 Å². The van der Waals surface area contributed by atoms with E-state index < -0.39 is 0 Å². The molecule has 0 radical (unpaired) electrons. The molecular formula is C38H36O4. The van der Waals surface area contributed by atoms with E-state index >= 15 is 0 Å². The number of hydrogen-bond donors (Lipinski definition) is 0. The van der Waals surface area contributed by atoms with Crippen LogP contribution >= 0.6 is 0 Å². The lowest BCUT2D eigenvalue weighted by atomic mass is 9.98. The lowest BCUT2D eigenvalue weighted by Gasteiger charge is -2.14. The van der Waals surface area contributed by atoms with Crippen LogP contribution in [0.15, 0.2) is 147 Å². The number of allylic oxidation sites excluding steroid dienone is 4. The number of ether oxygens (including phenoxy) is 2. The SMILES string of the molecule is C=CC/C(=C(/OC(C)=O)c1ccccc1)c1ccccc1.C=CC/C(=C(/OC(C)=O)c1ccccc1)c1ccccc1. The number of hydrogen-bond acceptors (Lipinski definition) is 4. The van der Waals surface area contributed by atoms with Gasteiger partial charge in [-0.15, -0.1) is 13.2 Å². The Morgan fingerprint density at radius 1 is 0.500 bits per heavy atom. The van der Waals surface area contributed by atoms with E-state index in [-0.39, 0.29) is 11.9 Å². The second-order valence-electron chi connectivity index (χ2n) is 9.25. The molecule has 4 aromatic rings. The molecule has 4 rings (SSSR count). The fourth-order valence-corrected chi connectivity index (χ4v) is 4.31. The van der Waals surface area contributed by atoms with E-state index in [4.69, 9.17) is 9.47 Å². The van der Waals surface area contributed by atoms with Gasteiger partial charge in [0.15, 0.2) is 0 Å². The molecule has 0 saturated heterocycles. The minimum Gasteiger partial charge on any atom is -0.426 e. The molecule has 0 aliphatic rings. The Bertz CT molecular complexity index is 1400. The zero-order valence-corrected chi connectivity index (χ0v) is 24.2. The summed E-state index contributed by atoms with van der Waals surface area (Å²) in [7, 11) is 0. The molecule has 212 valence electrons. The van der Waals surface area contributed by atoms with Crippen molar-refractivity contribution in [1.29, 1.82) is 0 Å². The van der Waals surface area contributed by atoms with Crippen molar-refractivity contribution in [2.75, 3.05) is 0 Å². The molecule has 0 atom stereocenters. The van der Waals surface area contributed by atoms with E-state index in [0.717, 1.165) is 33.4 Å². The summed E-state index contributed by atoms with van der Waals surface area (Å²) in [6.45, 7) is 10.4. The standard InChI is InChI=1S/2C19H18O2/c2*1-3-10-18(16-11-6-4-7-12-16)19(21-15(2)20)17-13-8-5-9-14-17/h2*3-9,11-14H,1,10H2,2H3/b2*19-18-. The van der Waals surface area contributed by atoms with Gasteiger partial charge in [-0.2, -0.15) is 0 Å². The highest BCUT2D eigenvalue weighted by molar-refractivity contribution is 5.93. The summed E-state index contributed by atoms with van der Waals surface area (Å²) in [5.74, 6) is 0.529. The molecule has 42 heavy (non-hydrogen) atoms. The average Bonchev–Trinajstić information content (AvgIpc) is 3.02. The van der Waals surface area contributed by atoms with Crippen LogP contribution in [0.4, 0.5) is 0 Å². The van der Waals surface area contributed by atoms with Crippen molar-refractivity contribution in [2.45, 2.75) is 26.7 Å². The van der Waals surface area contributed by atoms with Crippen molar-refractivity contribution in [3.63, 3.8) is 0 Å². The van der Waals surface area contributed by atoms with Gasteiger partial charge in [0.25, 0.3) is 0 Å². The van der Waals surface area contributed by atoms with E-state index in [1.807, 2.05) is 133 Å². The smallest absolute Gasteiger partial charge is 0.308 e. The highest BCUT2D eigenvalue weighted by atomic mass is 16.5. The summed E-state index contributed by atoms with van der Waals surface area (Å²) >= 11 is 0. The minimum absolute atomic E-state index is 0.327. The Morgan fingerprint density at radius 3 is 1.00 bits per heavy atom. The first-order valence-corrected chi connectivity index (χ1v) is 13.7. The molecule has 4 nitrogen and oxygen atoms in total. The van der Waals surface area contributed by atoms with Crippen LogP contribution in [0.1, 0.15) is 48.9 Å². The average molecular weight is 557 g/mol. The maximum Gasteiger partial charge on any atom is 0.308 e. The first kappa shape index (κ1) is 31.3. The van der Waals surface area contributed by atoms with Gasteiger partial charge < -0.3 is 9.47 Å². The van der Waals surface area contributed by atoms with Gasteiger partial charge in [-0.05, 0) is 24.0 Å². The molecule has 0 fully saturated rings. The molecule has 0 spiro atoms. The van der Waals surface area contributed by atoms with Crippen LogP contribution in [-0.2, 0) is 19.1 Å². The molecule has 4 heteroatoms. The quantitative estimate of drug-likeness (QED) is 0.0845. The summed E-state index contributed by atoms with van der Waals surface area (Å²) in [5.41, 5.74) is 5.72. The van der Waals surface area contributed by atoms with Crippen LogP contribution in [-0.4, -0.2) is 11.9 Å². The maximum absolute atomic E-state index is 11.5. The monoisotopic (exact) mass is 556 g/mol. The van der Waals surface area contributed by atoms with Crippen molar-refractivity contribution in [3.05, 3.63) is 169 Å². The maximum atomic E-state index is 11.5. The summed E-state index contributed by atoms with van der Waals surface area (Å²) < 4.78 is 11.0. The molecule has 0 heterocycles. The predicted octanol–water partition coefficient (Wildman–Crippen LogP) is 9.39. The van der Waals surface area contributed by atoms with Gasteiger partial charge in [0.2, 0.25) is 0 Å². The molecular weight excluding hydrogens is 520 g/mol. The Balaban J connectivity index is 0.000000230. The number of carbonyl (C=O) groups is 2. The Labute approximate surface area is 249 Å². The lowest BCUT2D eigenvalue weighted by molar-refractivity contribution is -0.135. The predicted molar refractivity (Wildman–Crippen MR) is 173 cm³/mol. The fraction of sp³-hybridized carbons (Fsp3) is 0.105. The van der Waals surface area contributed by atoms with Crippen molar-refractivity contribution in [3.8, 4) is 0 Å². The molecule has 0 unspecified atom stereocenters. The first-order chi connectivity index (χ1) is 20.4. The van der Waals surface area contributed by atoms with Gasteiger partial charge in [-0.1, -0.05) is 133 Å². The van der Waals surface area contributed by atoms with Crippen molar-refractivity contribution < 1.29 is 19.1 Å². The largest absolute Gasteiger partial charge is 0.426 e. The van der Waals surface area contributed by atoms with Crippen LogP contribution in [0.3, 0.4) is 0 Å². The Hall–Kier alpha value is -5.22. The van der Waals surface area contributed by atoms with Gasteiger partial charge in [0.1, 0.15) is 11.5 Å². The molecule has 0 amide bonds. The van der Waals surface area contributed by atoms with Gasteiger partial charge in [0, 0.05) is 36.1 Å². The van der Waals surface area contributed by atoms with Crippen LogP contribution in [0, 0.1) is 0 Å². The number of benzene rings is 4. The number of rotatable bonds is 10. The Kier molecular flexibility index (Phi) is 12.5. The van der Waals surface area contributed by atoms with Crippen LogP contribution < -0.4 is 0 Å². The summed E-state index contributed by atoms with van der Waals surface area (Å²) in [4.78, 5) is 23.0. The molecule has 0 aliphatic heterocycles. The van der Waals surface area contributed by atoms with Gasteiger partial charge in [0.05, 0.1) is 0 Å². The molecule has 0 N–H and O–H groups in total. The summed E-state index contributed by atoms with van der Waals surface area (Å²) in [5, 5.41) is 0. The second kappa shape index (κ2) is 16.8. The summed E-state index contributed by atoms with van der Waals surface area (Å²) in [6.07, 6.45) is 4.88. The van der Waals surface area contributed by atoms with E-state index in [0.29, 0.717) is 24.4 Å². The summed E-state index contributed by atoms with van der Waals surface area (Å²) in [6, 6.07) is 39.1. The van der Waals surface area contributed by atoms with E-state index in [9.17, 15) is 9.59 Å². The topological polar surface area (TPSA) is 52.6 Å². The van der Waals surface area contributed by atoms with Gasteiger partial charge >= 0.3 is 11.9 Å². The van der Waals surface area contributed by atoms with Crippen molar-refractivity contribution in [1.82, 2.24) is 0 Å². The number of esters is 2. The van der Waals surface area contributed by atoms with E-state index in [2.05, 4.69) is 13.2 Å². The van der Waals surface area contributed by atoms with Crippen molar-refractivity contribution >= 4 is 34.6 Å². The third kappa shape index (κ3) is 9.46. The fourth-order valence-electron chi connectivity index (χ4n) is 4.31. The van der Waals surface area contributed by atoms with Crippen LogP contribution in [0.5, 0.6) is 0 Å². The zero-order chi connectivity index (χ0) is 30.2. The second-order valence-corrected chi connectivity index (χ2v) is 9.25. The highest BCUT2D eigenvalue weighted by Crippen LogP contribution is 2.31. The molecule has 0 aromatic heterocycles. The Morgan fingerprint density at radius 2 is 0.762 bits per heavy atom. The van der Waals surface area contributed by atoms with E-state index in [1.54, 1.807) is 0 Å². The highest BCUT2D eigenvalue weighted by Gasteiger charge is 2.15. The van der Waals surface area contributed by atoms with Crippen molar-refractivity contribution in [2.24, 2.45) is 0 Å². The minimum atomic E-state index is -0.327. The lowest BCUT2D eigenvalue weighted by Crippen LogP contribution is -2.02. The van der Waals surface area contributed by atoms with E-state index in [1.165, 1.54) is 13.8 Å². The van der Waals surface area contributed by atoms with Gasteiger partial charge in [-0.25, -0.2) is 0 Å². The molecule has 0 saturated carbocycles. The van der Waals surface area contributed by atoms with Gasteiger partial charge in [-0.3, -0.25) is 9.59 Å². The zero-order valence-electron chi connectivity index (χ0n) is 24.2. The normalized spacial score (nSPS) is 11.5. The third-order valence-corrected chi connectivity index (χ3v) is 6.05. The van der Waals surface area contributed by atoms with Crippen LogP contribution in [0.2, 0.25) is 0 Å². The number of carbonyl (C=O) groups excluding carboxylic acids is 2.